The molecule has 1 amide bonds. The molecule has 1 heterocycles. The Hall–Kier alpha value is -1.12. The molecule has 1 N–H and O–H groups in total. The van der Waals surface area contributed by atoms with E-state index in [0.717, 1.165) is 27.4 Å². The Labute approximate surface area is 146 Å². The van der Waals surface area contributed by atoms with Gasteiger partial charge in [-0.1, -0.05) is 48.6 Å². The number of nitrogens with one attached hydrogen (secondary N) is 1. The van der Waals surface area contributed by atoms with Gasteiger partial charge in [-0.05, 0) is 34.5 Å². The first-order chi connectivity index (χ1) is 10.7. The quantitative estimate of drug-likeness (QED) is 0.407. The van der Waals surface area contributed by atoms with E-state index in [2.05, 4.69) is 38.4 Å². The van der Waals surface area contributed by atoms with Gasteiger partial charge in [-0.25, -0.2) is 0 Å². The van der Waals surface area contributed by atoms with Gasteiger partial charge in [0.15, 0.2) is 10.9 Å². The summed E-state index contributed by atoms with van der Waals surface area (Å²) in [6, 6.07) is 7.39. The number of thioether (sulfide) groups is 1. The molecule has 0 saturated heterocycles. The zero-order valence-electron chi connectivity index (χ0n) is 12.0. The van der Waals surface area contributed by atoms with Crippen molar-refractivity contribution in [3.8, 4) is 5.75 Å². The Morgan fingerprint density at radius 1 is 1.41 bits per heavy atom. The van der Waals surface area contributed by atoms with E-state index in [9.17, 15) is 4.79 Å². The van der Waals surface area contributed by atoms with E-state index in [1.807, 2.05) is 18.2 Å². The number of rotatable bonds is 8. The second kappa shape index (κ2) is 9.12. The van der Waals surface area contributed by atoms with Crippen LogP contribution in [0.25, 0.3) is 0 Å². The van der Waals surface area contributed by atoms with Crippen LogP contribution in [0.4, 0.5) is 5.13 Å². The fourth-order valence-corrected chi connectivity index (χ4v) is 3.80. The van der Waals surface area contributed by atoms with Gasteiger partial charge in [0.2, 0.25) is 5.13 Å². The molecule has 0 saturated carbocycles. The van der Waals surface area contributed by atoms with Crippen molar-refractivity contribution in [3.05, 3.63) is 28.7 Å². The van der Waals surface area contributed by atoms with E-state index in [1.165, 1.54) is 11.3 Å². The minimum atomic E-state index is -0.253. The number of nitrogens with zero attached hydrogens (tertiary/aromatic N) is 2. The van der Waals surface area contributed by atoms with Gasteiger partial charge >= 0.3 is 0 Å². The summed E-state index contributed by atoms with van der Waals surface area (Å²) >= 11 is 6.41. The lowest BCUT2D eigenvalue weighted by molar-refractivity contribution is -0.118. The largest absolute Gasteiger partial charge is 0.483 e. The van der Waals surface area contributed by atoms with Crippen molar-refractivity contribution in [2.24, 2.45) is 0 Å². The van der Waals surface area contributed by atoms with Crippen molar-refractivity contribution < 1.29 is 9.53 Å². The van der Waals surface area contributed by atoms with Crippen LogP contribution in [0.3, 0.4) is 0 Å². The zero-order chi connectivity index (χ0) is 15.8. The van der Waals surface area contributed by atoms with Gasteiger partial charge in [0, 0.05) is 5.75 Å². The van der Waals surface area contributed by atoms with Crippen molar-refractivity contribution >= 4 is 50.1 Å². The molecule has 0 spiro atoms. The first kappa shape index (κ1) is 17.2. The molecule has 8 heteroatoms. The Kier molecular flexibility index (Phi) is 7.14. The van der Waals surface area contributed by atoms with Crippen LogP contribution in [0.5, 0.6) is 5.75 Å². The summed E-state index contributed by atoms with van der Waals surface area (Å²) in [5.41, 5.74) is 0. The van der Waals surface area contributed by atoms with Crippen molar-refractivity contribution in [1.82, 2.24) is 10.2 Å². The summed E-state index contributed by atoms with van der Waals surface area (Å²) in [4.78, 5) is 11.8. The number of aromatic nitrogens is 2. The molecule has 0 aliphatic rings. The Bertz CT molecular complexity index is 622. The van der Waals surface area contributed by atoms with Crippen molar-refractivity contribution in [3.63, 3.8) is 0 Å². The minimum Gasteiger partial charge on any atom is -0.483 e. The highest BCUT2D eigenvalue weighted by Gasteiger charge is 2.10. The molecule has 0 atom stereocenters. The summed E-state index contributed by atoms with van der Waals surface area (Å²) in [5, 5.41) is 11.2. The molecule has 118 valence electrons. The van der Waals surface area contributed by atoms with Gasteiger partial charge in [-0.3, -0.25) is 10.1 Å². The molecule has 5 nitrogen and oxygen atoms in total. The van der Waals surface area contributed by atoms with Crippen LogP contribution in [0.2, 0.25) is 0 Å². The molecule has 22 heavy (non-hydrogen) atoms. The highest BCUT2D eigenvalue weighted by atomic mass is 79.9. The molecule has 0 unspecified atom stereocenters. The maximum atomic E-state index is 11.8. The SMILES string of the molecule is CCCCSc1nnc(NC(=O)COc2ccccc2Br)s1. The molecule has 0 aliphatic heterocycles. The second-order valence-electron chi connectivity index (χ2n) is 4.34. The van der Waals surface area contributed by atoms with Crippen molar-refractivity contribution in [2.75, 3.05) is 17.7 Å². The lowest BCUT2D eigenvalue weighted by Gasteiger charge is -2.06. The number of unbranched alkanes of at least 4 members (excludes halogenated alkanes) is 1. The highest BCUT2D eigenvalue weighted by Crippen LogP contribution is 2.26. The summed E-state index contributed by atoms with van der Waals surface area (Å²) in [6.07, 6.45) is 2.30. The smallest absolute Gasteiger partial charge is 0.264 e. The number of benzene rings is 1. The number of carbonyl (C=O) groups excluding carboxylic acids is 1. The predicted octanol–water partition coefficient (Wildman–Crippen LogP) is 4.21. The fraction of sp³-hybridized carbons (Fsp3) is 0.357. The molecular weight excluding hydrogens is 386 g/mol. The normalized spacial score (nSPS) is 10.5. The van der Waals surface area contributed by atoms with E-state index in [4.69, 9.17) is 4.74 Å². The van der Waals surface area contributed by atoms with Gasteiger partial charge in [0.1, 0.15) is 5.75 Å². The maximum Gasteiger partial charge on any atom is 0.264 e. The maximum absolute atomic E-state index is 11.8. The molecule has 2 aromatic rings. The molecule has 2 rings (SSSR count). The van der Waals surface area contributed by atoms with E-state index >= 15 is 0 Å². The highest BCUT2D eigenvalue weighted by molar-refractivity contribution is 9.10. The average Bonchev–Trinajstić information content (AvgIpc) is 2.94. The van der Waals surface area contributed by atoms with E-state index in [1.54, 1.807) is 17.8 Å². The third-order valence-electron chi connectivity index (χ3n) is 2.57. The number of carbonyl (C=O) groups is 1. The van der Waals surface area contributed by atoms with Crippen LogP contribution < -0.4 is 10.1 Å². The summed E-state index contributed by atoms with van der Waals surface area (Å²) in [6.45, 7) is 2.08. The predicted molar refractivity (Wildman–Crippen MR) is 93.8 cm³/mol. The molecule has 0 bridgehead atoms. The minimum absolute atomic E-state index is 0.0689. The molecule has 1 aromatic heterocycles. The van der Waals surface area contributed by atoms with Gasteiger partial charge in [0.25, 0.3) is 5.91 Å². The van der Waals surface area contributed by atoms with Crippen LogP contribution in [-0.2, 0) is 4.79 Å². The summed E-state index contributed by atoms with van der Waals surface area (Å²) in [5.74, 6) is 1.40. The standard InChI is InChI=1S/C14H16BrN3O2S2/c1-2-3-8-21-14-18-17-13(22-14)16-12(19)9-20-11-7-5-4-6-10(11)15/h4-7H,2-3,8-9H2,1H3,(H,16,17,19). The summed E-state index contributed by atoms with van der Waals surface area (Å²) < 4.78 is 7.13. The van der Waals surface area contributed by atoms with Crippen LogP contribution >= 0.6 is 39.0 Å². The first-order valence-electron chi connectivity index (χ1n) is 6.82. The van der Waals surface area contributed by atoms with Crippen LogP contribution in [0.1, 0.15) is 19.8 Å². The number of anilines is 1. The monoisotopic (exact) mass is 401 g/mol. The number of para-hydroxylation sites is 1. The number of hydrogen-bond donors (Lipinski definition) is 1. The summed E-state index contributed by atoms with van der Waals surface area (Å²) in [7, 11) is 0. The Balaban J connectivity index is 1.78. The molecule has 0 radical (unpaired) electrons. The number of ether oxygens (including phenoxy) is 1. The van der Waals surface area contributed by atoms with Gasteiger partial charge in [0.05, 0.1) is 4.47 Å². The van der Waals surface area contributed by atoms with Crippen molar-refractivity contribution in [2.45, 2.75) is 24.1 Å². The van der Waals surface area contributed by atoms with Gasteiger partial charge < -0.3 is 4.74 Å². The Morgan fingerprint density at radius 2 is 2.23 bits per heavy atom. The third-order valence-corrected chi connectivity index (χ3v) is 5.29. The van der Waals surface area contributed by atoms with Crippen molar-refractivity contribution in [1.29, 1.82) is 0 Å². The average molecular weight is 402 g/mol. The third kappa shape index (κ3) is 5.58. The molecular formula is C14H16BrN3O2S2. The van der Waals surface area contributed by atoms with Gasteiger partial charge in [-0.2, -0.15) is 0 Å². The fourth-order valence-electron chi connectivity index (χ4n) is 1.48. The van der Waals surface area contributed by atoms with Crippen LogP contribution in [0, 0.1) is 0 Å². The van der Waals surface area contributed by atoms with Gasteiger partial charge in [-0.15, -0.1) is 10.2 Å². The topological polar surface area (TPSA) is 64.1 Å². The number of hydrogen-bond acceptors (Lipinski definition) is 6. The Morgan fingerprint density at radius 3 is 3.00 bits per heavy atom. The van der Waals surface area contributed by atoms with Crippen LogP contribution in [0.15, 0.2) is 33.1 Å². The lowest BCUT2D eigenvalue weighted by atomic mass is 10.3. The zero-order valence-corrected chi connectivity index (χ0v) is 15.3. The number of amides is 1. The van der Waals surface area contributed by atoms with E-state index in [-0.39, 0.29) is 12.5 Å². The number of halogens is 1. The molecule has 0 fully saturated rings. The second-order valence-corrected chi connectivity index (χ2v) is 7.52. The van der Waals surface area contributed by atoms with E-state index in [0.29, 0.717) is 10.9 Å². The lowest BCUT2D eigenvalue weighted by Crippen LogP contribution is -2.20. The molecule has 1 aromatic carbocycles. The van der Waals surface area contributed by atoms with E-state index < -0.39 is 0 Å². The molecule has 0 aliphatic carbocycles. The first-order valence-corrected chi connectivity index (χ1v) is 9.42. The van der Waals surface area contributed by atoms with Crippen LogP contribution in [-0.4, -0.2) is 28.5 Å².